The van der Waals surface area contributed by atoms with Crippen LogP contribution in [0.3, 0.4) is 0 Å². The standard InChI is InChI=1S/C28H48N2/c1-3-4-5-6-7-8-9-10-11-12-13-14-15-16-20-23-30-25-24-29(2)28(30)26-27-21-18-17-19-22-27/h17-19,21-22,24-25,28H,3-16,20,23,26H2,1-2H3. The van der Waals surface area contributed by atoms with E-state index in [1.165, 1.54) is 108 Å². The number of rotatable bonds is 18. The van der Waals surface area contributed by atoms with Gasteiger partial charge in [0.2, 0.25) is 0 Å². The molecule has 1 aliphatic rings. The summed E-state index contributed by atoms with van der Waals surface area (Å²) >= 11 is 0. The Labute approximate surface area is 187 Å². The lowest BCUT2D eigenvalue weighted by atomic mass is 10.0. The normalized spacial score (nSPS) is 16.0. The van der Waals surface area contributed by atoms with Gasteiger partial charge < -0.3 is 9.80 Å². The fraction of sp³-hybridized carbons (Fsp3) is 0.714. The van der Waals surface area contributed by atoms with Crippen LogP contribution in [0.25, 0.3) is 0 Å². The molecular weight excluding hydrogens is 364 g/mol. The molecule has 1 aromatic rings. The average molecular weight is 413 g/mol. The highest BCUT2D eigenvalue weighted by atomic mass is 15.4. The molecule has 1 atom stereocenters. The number of hydrogen-bond acceptors (Lipinski definition) is 2. The van der Waals surface area contributed by atoms with Crippen molar-refractivity contribution in [2.24, 2.45) is 0 Å². The van der Waals surface area contributed by atoms with E-state index >= 15 is 0 Å². The Morgan fingerprint density at radius 2 is 1.13 bits per heavy atom. The fourth-order valence-electron chi connectivity index (χ4n) is 4.60. The van der Waals surface area contributed by atoms with Crippen molar-refractivity contribution < 1.29 is 0 Å². The minimum atomic E-state index is 0.485. The van der Waals surface area contributed by atoms with Gasteiger partial charge in [-0.1, -0.05) is 127 Å². The second-order valence-corrected chi connectivity index (χ2v) is 9.32. The van der Waals surface area contributed by atoms with Crippen LogP contribution >= 0.6 is 0 Å². The third-order valence-corrected chi connectivity index (χ3v) is 6.63. The van der Waals surface area contributed by atoms with Crippen LogP contribution in [-0.2, 0) is 6.42 Å². The van der Waals surface area contributed by atoms with Crippen molar-refractivity contribution in [2.45, 2.75) is 116 Å². The molecule has 2 rings (SSSR count). The monoisotopic (exact) mass is 412 g/mol. The van der Waals surface area contributed by atoms with Crippen molar-refractivity contribution >= 4 is 0 Å². The third-order valence-electron chi connectivity index (χ3n) is 6.63. The van der Waals surface area contributed by atoms with E-state index in [-0.39, 0.29) is 0 Å². The maximum absolute atomic E-state index is 2.54. The van der Waals surface area contributed by atoms with Crippen molar-refractivity contribution in [1.82, 2.24) is 9.80 Å². The zero-order valence-corrected chi connectivity index (χ0v) is 20.0. The summed E-state index contributed by atoms with van der Waals surface area (Å²) in [6.07, 6.45) is 27.6. The molecule has 1 aromatic carbocycles. The van der Waals surface area contributed by atoms with E-state index in [9.17, 15) is 0 Å². The number of benzene rings is 1. The predicted octanol–water partition coefficient (Wildman–Crippen LogP) is 8.15. The van der Waals surface area contributed by atoms with Gasteiger partial charge in [-0.25, -0.2) is 0 Å². The van der Waals surface area contributed by atoms with Gasteiger partial charge in [-0.05, 0) is 12.0 Å². The van der Waals surface area contributed by atoms with Crippen molar-refractivity contribution in [3.63, 3.8) is 0 Å². The van der Waals surface area contributed by atoms with Crippen molar-refractivity contribution in [3.8, 4) is 0 Å². The Hall–Kier alpha value is -1.44. The van der Waals surface area contributed by atoms with Crippen LogP contribution in [0.4, 0.5) is 0 Å². The molecule has 1 heterocycles. The summed E-state index contributed by atoms with van der Waals surface area (Å²) in [6, 6.07) is 10.9. The number of likely N-dealkylation sites (N-methyl/N-ethyl adjacent to an activating group) is 1. The molecule has 1 aliphatic heterocycles. The molecule has 170 valence electrons. The van der Waals surface area contributed by atoms with E-state index in [1.54, 1.807) is 0 Å². The largest absolute Gasteiger partial charge is 0.359 e. The summed E-state index contributed by atoms with van der Waals surface area (Å²) < 4.78 is 0. The van der Waals surface area contributed by atoms with Crippen molar-refractivity contribution in [3.05, 3.63) is 48.3 Å². The zero-order chi connectivity index (χ0) is 21.3. The predicted molar refractivity (Wildman–Crippen MR) is 132 cm³/mol. The van der Waals surface area contributed by atoms with Gasteiger partial charge in [-0.2, -0.15) is 0 Å². The van der Waals surface area contributed by atoms with E-state index < -0.39 is 0 Å². The molecule has 2 heteroatoms. The first kappa shape index (κ1) is 24.8. The quantitative estimate of drug-likeness (QED) is 0.224. The molecule has 0 aliphatic carbocycles. The van der Waals surface area contributed by atoms with Crippen LogP contribution in [0.2, 0.25) is 0 Å². The maximum atomic E-state index is 2.54. The van der Waals surface area contributed by atoms with Crippen LogP contribution in [0.1, 0.15) is 109 Å². The van der Waals surface area contributed by atoms with Gasteiger partial charge in [0.1, 0.15) is 6.17 Å². The summed E-state index contributed by atoms with van der Waals surface area (Å²) in [5, 5.41) is 0. The molecule has 0 amide bonds. The van der Waals surface area contributed by atoms with E-state index in [4.69, 9.17) is 0 Å². The van der Waals surface area contributed by atoms with Gasteiger partial charge in [0, 0.05) is 32.4 Å². The third kappa shape index (κ3) is 10.5. The van der Waals surface area contributed by atoms with E-state index in [2.05, 4.69) is 66.5 Å². The second kappa shape index (κ2) is 16.3. The molecular formula is C28H48N2. The molecule has 0 aromatic heterocycles. The molecule has 30 heavy (non-hydrogen) atoms. The summed E-state index contributed by atoms with van der Waals surface area (Å²) in [7, 11) is 2.20. The van der Waals surface area contributed by atoms with Crippen molar-refractivity contribution in [2.75, 3.05) is 13.6 Å². The molecule has 0 N–H and O–H groups in total. The molecule has 0 spiro atoms. The first-order chi connectivity index (χ1) is 14.8. The Balaban J connectivity index is 1.41. The number of unbranched alkanes of at least 4 members (excludes halogenated alkanes) is 14. The number of hydrogen-bond donors (Lipinski definition) is 0. The zero-order valence-electron chi connectivity index (χ0n) is 20.0. The van der Waals surface area contributed by atoms with Crippen LogP contribution < -0.4 is 0 Å². The summed E-state index contributed by atoms with van der Waals surface area (Å²) in [5.74, 6) is 0. The first-order valence-corrected chi connectivity index (χ1v) is 13.0. The van der Waals surface area contributed by atoms with Gasteiger partial charge in [-0.15, -0.1) is 0 Å². The lowest BCUT2D eigenvalue weighted by Crippen LogP contribution is -2.38. The van der Waals surface area contributed by atoms with Gasteiger partial charge in [0.05, 0.1) is 0 Å². The van der Waals surface area contributed by atoms with Crippen LogP contribution in [0, 0.1) is 0 Å². The highest BCUT2D eigenvalue weighted by Gasteiger charge is 2.23. The lowest BCUT2D eigenvalue weighted by molar-refractivity contribution is 0.173. The molecule has 0 saturated heterocycles. The molecule has 0 fully saturated rings. The Morgan fingerprint density at radius 3 is 1.67 bits per heavy atom. The summed E-state index contributed by atoms with van der Waals surface area (Å²) in [6.45, 7) is 3.49. The minimum Gasteiger partial charge on any atom is -0.359 e. The van der Waals surface area contributed by atoms with E-state index in [1.807, 2.05) is 0 Å². The van der Waals surface area contributed by atoms with E-state index in [0.29, 0.717) is 6.17 Å². The topological polar surface area (TPSA) is 6.48 Å². The highest BCUT2D eigenvalue weighted by Crippen LogP contribution is 2.20. The smallest absolute Gasteiger partial charge is 0.104 e. The molecule has 0 radical (unpaired) electrons. The molecule has 0 saturated carbocycles. The van der Waals surface area contributed by atoms with Gasteiger partial charge in [0.25, 0.3) is 0 Å². The summed E-state index contributed by atoms with van der Waals surface area (Å²) in [4.78, 5) is 4.90. The summed E-state index contributed by atoms with van der Waals surface area (Å²) in [5.41, 5.74) is 1.43. The molecule has 2 nitrogen and oxygen atoms in total. The Morgan fingerprint density at radius 1 is 0.633 bits per heavy atom. The number of nitrogens with zero attached hydrogens (tertiary/aromatic N) is 2. The second-order valence-electron chi connectivity index (χ2n) is 9.32. The Bertz CT molecular complexity index is 539. The molecule has 1 unspecified atom stereocenters. The first-order valence-electron chi connectivity index (χ1n) is 13.0. The minimum absolute atomic E-state index is 0.485. The SMILES string of the molecule is CCCCCCCCCCCCCCCCCN1C=CN(C)C1Cc1ccccc1. The van der Waals surface area contributed by atoms with E-state index in [0.717, 1.165) is 6.42 Å². The van der Waals surface area contributed by atoms with Crippen molar-refractivity contribution in [1.29, 1.82) is 0 Å². The highest BCUT2D eigenvalue weighted by molar-refractivity contribution is 5.17. The van der Waals surface area contributed by atoms with Gasteiger partial charge in [-0.3, -0.25) is 0 Å². The fourth-order valence-corrected chi connectivity index (χ4v) is 4.60. The van der Waals surface area contributed by atoms with Gasteiger partial charge in [0.15, 0.2) is 0 Å². The van der Waals surface area contributed by atoms with Gasteiger partial charge >= 0.3 is 0 Å². The van der Waals surface area contributed by atoms with Crippen LogP contribution in [0.5, 0.6) is 0 Å². The van der Waals surface area contributed by atoms with Crippen LogP contribution in [0.15, 0.2) is 42.7 Å². The molecule has 0 bridgehead atoms. The average Bonchev–Trinajstić information content (AvgIpc) is 3.11. The van der Waals surface area contributed by atoms with Crippen LogP contribution in [-0.4, -0.2) is 29.6 Å². The Kier molecular flexibility index (Phi) is 13.5. The maximum Gasteiger partial charge on any atom is 0.104 e. The lowest BCUT2D eigenvalue weighted by Gasteiger charge is -2.30.